The molecule has 0 aromatic rings. The van der Waals surface area contributed by atoms with E-state index in [-0.39, 0.29) is 11.3 Å². The average Bonchev–Trinajstić information content (AvgIpc) is 2.39. The monoisotopic (exact) mass is 192 g/mol. The third-order valence-corrected chi connectivity index (χ3v) is 3.48. The summed E-state index contributed by atoms with van der Waals surface area (Å²) in [4.78, 5) is 10.5. The van der Waals surface area contributed by atoms with Gasteiger partial charge in [0.2, 0.25) is 0 Å². The van der Waals surface area contributed by atoms with E-state index in [4.69, 9.17) is 0 Å². The SMILES string of the molecule is CC1=CCC(/C=C/C(C)C=O)C1(C)C. The van der Waals surface area contributed by atoms with Gasteiger partial charge >= 0.3 is 0 Å². The fourth-order valence-corrected chi connectivity index (χ4v) is 1.83. The molecule has 0 fully saturated rings. The quantitative estimate of drug-likeness (QED) is 0.495. The highest BCUT2D eigenvalue weighted by atomic mass is 16.1. The van der Waals surface area contributed by atoms with Gasteiger partial charge in [-0.15, -0.1) is 0 Å². The first-order chi connectivity index (χ1) is 6.48. The zero-order chi connectivity index (χ0) is 10.8. The number of carbonyl (C=O) groups is 1. The van der Waals surface area contributed by atoms with E-state index < -0.39 is 0 Å². The van der Waals surface area contributed by atoms with Crippen molar-refractivity contribution in [2.75, 3.05) is 0 Å². The highest BCUT2D eigenvalue weighted by molar-refractivity contribution is 5.55. The third kappa shape index (κ3) is 2.14. The van der Waals surface area contributed by atoms with Crippen LogP contribution < -0.4 is 0 Å². The molecule has 0 spiro atoms. The molecule has 1 heteroatoms. The maximum Gasteiger partial charge on any atom is 0.126 e. The van der Waals surface area contributed by atoms with E-state index in [2.05, 4.69) is 32.9 Å². The minimum Gasteiger partial charge on any atom is -0.303 e. The Morgan fingerprint density at radius 1 is 1.57 bits per heavy atom. The molecule has 78 valence electrons. The molecule has 2 unspecified atom stereocenters. The Morgan fingerprint density at radius 2 is 2.21 bits per heavy atom. The molecular weight excluding hydrogens is 172 g/mol. The number of hydrogen-bond donors (Lipinski definition) is 0. The molecule has 2 atom stereocenters. The van der Waals surface area contributed by atoms with Gasteiger partial charge in [-0.1, -0.05) is 44.6 Å². The lowest BCUT2D eigenvalue weighted by molar-refractivity contribution is -0.109. The summed E-state index contributed by atoms with van der Waals surface area (Å²) in [6, 6.07) is 0. The van der Waals surface area contributed by atoms with Gasteiger partial charge in [-0.3, -0.25) is 0 Å². The second-order valence-electron chi connectivity index (χ2n) is 4.83. The van der Waals surface area contributed by atoms with Crippen molar-refractivity contribution in [1.82, 2.24) is 0 Å². The van der Waals surface area contributed by atoms with Crippen LogP contribution in [0.1, 0.15) is 34.1 Å². The van der Waals surface area contributed by atoms with Crippen molar-refractivity contribution in [3.63, 3.8) is 0 Å². The lowest BCUT2D eigenvalue weighted by Crippen LogP contribution is -2.18. The highest BCUT2D eigenvalue weighted by Gasteiger charge is 2.32. The zero-order valence-electron chi connectivity index (χ0n) is 9.58. The average molecular weight is 192 g/mol. The van der Waals surface area contributed by atoms with E-state index in [0.29, 0.717) is 5.92 Å². The van der Waals surface area contributed by atoms with Crippen molar-refractivity contribution in [2.24, 2.45) is 17.3 Å². The van der Waals surface area contributed by atoms with E-state index >= 15 is 0 Å². The molecule has 0 radical (unpaired) electrons. The second-order valence-corrected chi connectivity index (χ2v) is 4.83. The Kier molecular flexibility index (Phi) is 3.30. The lowest BCUT2D eigenvalue weighted by Gasteiger charge is -2.27. The van der Waals surface area contributed by atoms with Crippen molar-refractivity contribution in [3.8, 4) is 0 Å². The first-order valence-electron chi connectivity index (χ1n) is 5.29. The van der Waals surface area contributed by atoms with Crippen molar-refractivity contribution in [1.29, 1.82) is 0 Å². The van der Waals surface area contributed by atoms with Crippen molar-refractivity contribution >= 4 is 6.29 Å². The first-order valence-corrected chi connectivity index (χ1v) is 5.29. The molecule has 0 saturated heterocycles. The van der Waals surface area contributed by atoms with E-state index in [1.54, 1.807) is 0 Å². The Labute approximate surface area is 86.9 Å². The van der Waals surface area contributed by atoms with Crippen LogP contribution in [-0.2, 0) is 4.79 Å². The van der Waals surface area contributed by atoms with Crippen LogP contribution in [-0.4, -0.2) is 6.29 Å². The molecule has 0 aromatic carbocycles. The summed E-state index contributed by atoms with van der Waals surface area (Å²) in [6.45, 7) is 8.65. The van der Waals surface area contributed by atoms with Crippen LogP contribution in [0.3, 0.4) is 0 Å². The van der Waals surface area contributed by atoms with Crippen LogP contribution in [0.25, 0.3) is 0 Å². The molecule has 0 heterocycles. The molecule has 0 aliphatic heterocycles. The van der Waals surface area contributed by atoms with Gasteiger partial charge in [0.25, 0.3) is 0 Å². The van der Waals surface area contributed by atoms with Crippen molar-refractivity contribution < 1.29 is 4.79 Å². The van der Waals surface area contributed by atoms with Gasteiger partial charge in [-0.25, -0.2) is 0 Å². The maximum atomic E-state index is 10.5. The summed E-state index contributed by atoms with van der Waals surface area (Å²) in [5.74, 6) is 0.608. The molecule has 0 bridgehead atoms. The van der Waals surface area contributed by atoms with Gasteiger partial charge < -0.3 is 4.79 Å². The predicted octanol–water partition coefficient (Wildman–Crippen LogP) is 3.37. The summed E-state index contributed by atoms with van der Waals surface area (Å²) in [5.41, 5.74) is 1.73. The van der Waals surface area contributed by atoms with Crippen molar-refractivity contribution in [2.45, 2.75) is 34.1 Å². The summed E-state index contributed by atoms with van der Waals surface area (Å²) >= 11 is 0. The minimum absolute atomic E-state index is 0.0479. The van der Waals surface area contributed by atoms with Gasteiger partial charge in [0.1, 0.15) is 6.29 Å². The van der Waals surface area contributed by atoms with E-state index in [9.17, 15) is 4.79 Å². The number of aldehydes is 1. The molecule has 1 aliphatic rings. The van der Waals surface area contributed by atoms with Gasteiger partial charge in [0.05, 0.1) is 0 Å². The minimum atomic E-state index is 0.0479. The molecule has 0 saturated carbocycles. The second kappa shape index (κ2) is 4.12. The third-order valence-electron chi connectivity index (χ3n) is 3.48. The Hall–Kier alpha value is -0.850. The van der Waals surface area contributed by atoms with Crippen LogP contribution in [0, 0.1) is 17.3 Å². The molecule has 1 rings (SSSR count). The number of rotatable bonds is 3. The maximum absolute atomic E-state index is 10.5. The standard InChI is InChI=1S/C13H20O/c1-10(9-14)5-7-12-8-6-11(2)13(12,3)4/h5-7,9-10,12H,8H2,1-4H3/b7-5+. The fraction of sp³-hybridized carbons (Fsp3) is 0.615. The number of allylic oxidation sites excluding steroid dienone is 4. The van der Waals surface area contributed by atoms with Crippen LogP contribution >= 0.6 is 0 Å². The van der Waals surface area contributed by atoms with E-state index in [1.807, 2.05) is 13.0 Å². The fourth-order valence-electron chi connectivity index (χ4n) is 1.83. The molecule has 0 N–H and O–H groups in total. The van der Waals surface area contributed by atoms with Gasteiger partial charge in [0, 0.05) is 5.92 Å². The molecule has 0 aromatic heterocycles. The van der Waals surface area contributed by atoms with Crippen LogP contribution in [0.15, 0.2) is 23.8 Å². The van der Waals surface area contributed by atoms with Crippen LogP contribution in [0.5, 0.6) is 0 Å². The topological polar surface area (TPSA) is 17.1 Å². The number of hydrogen-bond acceptors (Lipinski definition) is 1. The molecule has 1 aliphatic carbocycles. The summed E-state index contributed by atoms with van der Waals surface area (Å²) < 4.78 is 0. The van der Waals surface area contributed by atoms with Crippen LogP contribution in [0.2, 0.25) is 0 Å². The van der Waals surface area contributed by atoms with Gasteiger partial charge in [-0.2, -0.15) is 0 Å². The summed E-state index contributed by atoms with van der Waals surface area (Å²) in [7, 11) is 0. The van der Waals surface area contributed by atoms with Crippen molar-refractivity contribution in [3.05, 3.63) is 23.8 Å². The summed E-state index contributed by atoms with van der Waals surface area (Å²) in [5, 5.41) is 0. The molecule has 0 amide bonds. The smallest absolute Gasteiger partial charge is 0.126 e. The van der Waals surface area contributed by atoms with Crippen LogP contribution in [0.4, 0.5) is 0 Å². The predicted molar refractivity (Wildman–Crippen MR) is 60.0 cm³/mol. The first kappa shape index (κ1) is 11.2. The number of carbonyl (C=O) groups excluding carboxylic acids is 1. The molecular formula is C13H20O. The Morgan fingerprint density at radius 3 is 2.64 bits per heavy atom. The highest BCUT2D eigenvalue weighted by Crippen LogP contribution is 2.43. The molecule has 14 heavy (non-hydrogen) atoms. The lowest BCUT2D eigenvalue weighted by atomic mass is 9.77. The normalized spacial score (nSPS) is 27.7. The Balaban J connectivity index is 2.66. The van der Waals surface area contributed by atoms with E-state index in [0.717, 1.165) is 12.7 Å². The summed E-state index contributed by atoms with van der Waals surface area (Å²) in [6.07, 6.45) is 8.62. The largest absolute Gasteiger partial charge is 0.303 e. The van der Waals surface area contributed by atoms with Gasteiger partial charge in [-0.05, 0) is 24.7 Å². The zero-order valence-corrected chi connectivity index (χ0v) is 9.58. The van der Waals surface area contributed by atoms with E-state index in [1.165, 1.54) is 5.57 Å². The van der Waals surface area contributed by atoms with Gasteiger partial charge in [0.15, 0.2) is 0 Å². The Bertz CT molecular complexity index is 271. The molecule has 1 nitrogen and oxygen atoms in total.